The van der Waals surface area contributed by atoms with Crippen LogP contribution >= 0.6 is 12.4 Å². The second-order valence-corrected chi connectivity index (χ2v) is 1.38. The highest BCUT2D eigenvalue weighted by Crippen LogP contribution is 1.77. The van der Waals surface area contributed by atoms with Crippen molar-refractivity contribution in [3.05, 3.63) is 0 Å². The molecule has 5 heteroatoms. The quantitative estimate of drug-likeness (QED) is 0.565. The maximum atomic E-state index is 9.95. The molecular formula is C4H10ClNO3. The summed E-state index contributed by atoms with van der Waals surface area (Å²) in [4.78, 5) is 14.3. The number of carboxylic acids is 1. The fourth-order valence-corrected chi connectivity index (χ4v) is 0.227. The smallest absolute Gasteiger partial charge is 0.322 e. The van der Waals surface area contributed by atoms with Gasteiger partial charge < -0.3 is 9.94 Å². The van der Waals surface area contributed by atoms with E-state index in [0.717, 1.165) is 0 Å². The Morgan fingerprint density at radius 3 is 2.33 bits per heavy atom. The lowest BCUT2D eigenvalue weighted by Crippen LogP contribution is -2.32. The van der Waals surface area contributed by atoms with E-state index >= 15 is 0 Å². The van der Waals surface area contributed by atoms with Gasteiger partial charge in [0.1, 0.15) is 6.04 Å². The molecule has 0 spiro atoms. The molecule has 0 aromatic heterocycles. The topological polar surface area (TPSA) is 58.6 Å². The molecule has 1 atom stereocenters. The number of carboxylic acid groups (broad SMARTS) is 1. The van der Waals surface area contributed by atoms with Crippen molar-refractivity contribution >= 4 is 18.4 Å². The lowest BCUT2D eigenvalue weighted by molar-refractivity contribution is -0.142. The largest absolute Gasteiger partial charge is 0.480 e. The molecule has 0 aliphatic carbocycles. The van der Waals surface area contributed by atoms with Gasteiger partial charge in [-0.2, -0.15) is 5.48 Å². The first-order chi connectivity index (χ1) is 3.68. The van der Waals surface area contributed by atoms with Gasteiger partial charge in [-0.05, 0) is 6.92 Å². The molecule has 0 aliphatic heterocycles. The van der Waals surface area contributed by atoms with Crippen molar-refractivity contribution < 1.29 is 14.7 Å². The van der Waals surface area contributed by atoms with Gasteiger partial charge >= 0.3 is 5.97 Å². The van der Waals surface area contributed by atoms with Gasteiger partial charge in [-0.15, -0.1) is 12.4 Å². The zero-order valence-corrected chi connectivity index (χ0v) is 6.07. The Balaban J connectivity index is 0. The lowest BCUT2D eigenvalue weighted by Gasteiger charge is -2.03. The number of hydroxylamine groups is 1. The van der Waals surface area contributed by atoms with Gasteiger partial charge in [0, 0.05) is 0 Å². The molecule has 0 rings (SSSR count). The van der Waals surface area contributed by atoms with Crippen LogP contribution in [0.3, 0.4) is 0 Å². The number of halogens is 1. The van der Waals surface area contributed by atoms with Crippen molar-refractivity contribution in [2.75, 3.05) is 7.11 Å². The summed E-state index contributed by atoms with van der Waals surface area (Å²) in [6, 6.07) is -0.639. The summed E-state index contributed by atoms with van der Waals surface area (Å²) < 4.78 is 0. The van der Waals surface area contributed by atoms with Crippen LogP contribution in [0.25, 0.3) is 0 Å². The van der Waals surface area contributed by atoms with E-state index in [-0.39, 0.29) is 12.4 Å². The zero-order valence-electron chi connectivity index (χ0n) is 5.25. The minimum Gasteiger partial charge on any atom is -0.480 e. The molecule has 0 saturated carbocycles. The molecule has 0 amide bonds. The van der Waals surface area contributed by atoms with E-state index in [2.05, 4.69) is 10.3 Å². The Bertz CT molecular complexity index is 87.9. The summed E-state index contributed by atoms with van der Waals surface area (Å²) >= 11 is 0. The van der Waals surface area contributed by atoms with Crippen LogP contribution in [-0.4, -0.2) is 24.2 Å². The molecule has 0 aromatic carbocycles. The summed E-state index contributed by atoms with van der Waals surface area (Å²) in [6.07, 6.45) is 0. The number of nitrogens with one attached hydrogen (secondary N) is 1. The normalized spacial score (nSPS) is 11.8. The molecular weight excluding hydrogens is 146 g/mol. The fraction of sp³-hybridized carbons (Fsp3) is 0.750. The number of hydrogen-bond acceptors (Lipinski definition) is 3. The minimum atomic E-state index is -0.924. The van der Waals surface area contributed by atoms with Crippen LogP contribution in [0, 0.1) is 0 Å². The van der Waals surface area contributed by atoms with Gasteiger partial charge in [0.15, 0.2) is 0 Å². The Labute approximate surface area is 59.6 Å². The highest BCUT2D eigenvalue weighted by Gasteiger charge is 2.07. The van der Waals surface area contributed by atoms with Crippen molar-refractivity contribution in [2.45, 2.75) is 13.0 Å². The number of rotatable bonds is 3. The van der Waals surface area contributed by atoms with Gasteiger partial charge in [0.05, 0.1) is 7.11 Å². The summed E-state index contributed by atoms with van der Waals surface area (Å²) in [6.45, 7) is 1.49. The van der Waals surface area contributed by atoms with Crippen molar-refractivity contribution in [1.82, 2.24) is 5.48 Å². The van der Waals surface area contributed by atoms with Crippen LogP contribution in [0.15, 0.2) is 0 Å². The van der Waals surface area contributed by atoms with E-state index in [0.29, 0.717) is 0 Å². The Hall–Kier alpha value is -0.320. The molecule has 0 fully saturated rings. The number of carbonyl (C=O) groups is 1. The first-order valence-electron chi connectivity index (χ1n) is 2.19. The van der Waals surface area contributed by atoms with Gasteiger partial charge in [-0.3, -0.25) is 4.79 Å². The molecule has 0 aliphatic rings. The summed E-state index contributed by atoms with van der Waals surface area (Å²) in [5.74, 6) is -0.924. The number of aliphatic carboxylic acids is 1. The number of hydrogen-bond donors (Lipinski definition) is 2. The van der Waals surface area contributed by atoms with E-state index in [1.54, 1.807) is 0 Å². The third-order valence-corrected chi connectivity index (χ3v) is 0.665. The SMILES string of the molecule is CON[C@@H](C)C(=O)O.Cl. The van der Waals surface area contributed by atoms with Crippen LogP contribution in [-0.2, 0) is 9.63 Å². The molecule has 9 heavy (non-hydrogen) atoms. The highest BCUT2D eigenvalue weighted by molar-refractivity contribution is 5.85. The van der Waals surface area contributed by atoms with Gasteiger partial charge in [0.2, 0.25) is 0 Å². The Kier molecular flexibility index (Phi) is 7.41. The molecule has 0 saturated heterocycles. The van der Waals surface area contributed by atoms with Crippen LogP contribution < -0.4 is 5.48 Å². The second kappa shape index (κ2) is 5.81. The van der Waals surface area contributed by atoms with Crippen LogP contribution in [0.1, 0.15) is 6.92 Å². The molecule has 0 unspecified atom stereocenters. The third-order valence-electron chi connectivity index (χ3n) is 0.665. The van der Waals surface area contributed by atoms with Crippen molar-refractivity contribution in [3.63, 3.8) is 0 Å². The van der Waals surface area contributed by atoms with Crippen molar-refractivity contribution in [3.8, 4) is 0 Å². The Morgan fingerprint density at radius 2 is 2.22 bits per heavy atom. The van der Waals surface area contributed by atoms with Crippen molar-refractivity contribution in [1.29, 1.82) is 0 Å². The van der Waals surface area contributed by atoms with Crippen LogP contribution in [0.2, 0.25) is 0 Å². The third kappa shape index (κ3) is 5.55. The first kappa shape index (κ1) is 11.5. The molecule has 0 radical (unpaired) electrons. The van der Waals surface area contributed by atoms with Gasteiger partial charge in [-0.1, -0.05) is 0 Å². The fourth-order valence-electron chi connectivity index (χ4n) is 0.227. The zero-order chi connectivity index (χ0) is 6.57. The van der Waals surface area contributed by atoms with E-state index < -0.39 is 12.0 Å². The molecule has 4 nitrogen and oxygen atoms in total. The first-order valence-corrected chi connectivity index (χ1v) is 2.19. The molecule has 2 N–H and O–H groups in total. The maximum Gasteiger partial charge on any atom is 0.322 e. The van der Waals surface area contributed by atoms with E-state index in [9.17, 15) is 4.79 Å². The standard InChI is InChI=1S/C4H9NO3.ClH/c1-3(4(6)7)5-8-2;/h3,5H,1-2H3,(H,6,7);1H/t3-;/m0./s1. The van der Waals surface area contributed by atoms with Gasteiger partial charge in [-0.25, -0.2) is 0 Å². The van der Waals surface area contributed by atoms with Crippen LogP contribution in [0.5, 0.6) is 0 Å². The molecule has 0 heterocycles. The van der Waals surface area contributed by atoms with E-state index in [1.165, 1.54) is 14.0 Å². The van der Waals surface area contributed by atoms with Crippen molar-refractivity contribution in [2.24, 2.45) is 0 Å². The predicted octanol–water partition coefficient (Wildman–Crippen LogP) is 0.0323. The minimum absolute atomic E-state index is 0. The molecule has 56 valence electrons. The van der Waals surface area contributed by atoms with Gasteiger partial charge in [0.25, 0.3) is 0 Å². The summed E-state index contributed by atoms with van der Waals surface area (Å²) in [5.41, 5.74) is 2.25. The van der Waals surface area contributed by atoms with E-state index in [1.807, 2.05) is 0 Å². The average Bonchev–Trinajstić information content (AvgIpc) is 1.67. The highest BCUT2D eigenvalue weighted by atomic mass is 35.5. The summed E-state index contributed by atoms with van der Waals surface area (Å²) in [7, 11) is 1.37. The van der Waals surface area contributed by atoms with E-state index in [4.69, 9.17) is 5.11 Å². The second-order valence-electron chi connectivity index (χ2n) is 1.38. The van der Waals surface area contributed by atoms with Crippen LogP contribution in [0.4, 0.5) is 0 Å². The maximum absolute atomic E-state index is 9.95. The molecule has 0 bridgehead atoms. The Morgan fingerprint density at radius 1 is 1.78 bits per heavy atom. The average molecular weight is 156 g/mol. The predicted molar refractivity (Wildman–Crippen MR) is 34.5 cm³/mol. The monoisotopic (exact) mass is 155 g/mol. The molecule has 0 aromatic rings. The summed E-state index contributed by atoms with van der Waals surface area (Å²) in [5, 5.41) is 8.17. The lowest BCUT2D eigenvalue weighted by atomic mass is 10.4.